The summed E-state index contributed by atoms with van der Waals surface area (Å²) in [6, 6.07) is 16.5. The van der Waals surface area contributed by atoms with Crippen LogP contribution in [0.5, 0.6) is 0 Å². The van der Waals surface area contributed by atoms with Gasteiger partial charge in [0.2, 0.25) is 0 Å². The average Bonchev–Trinajstić information content (AvgIpc) is 3.19. The molecular weight excluding hydrogens is 416 g/mol. The second kappa shape index (κ2) is 7.60. The van der Waals surface area contributed by atoms with Crippen molar-refractivity contribution in [1.29, 1.82) is 0 Å². The van der Waals surface area contributed by atoms with Gasteiger partial charge in [-0.15, -0.1) is 11.3 Å². The van der Waals surface area contributed by atoms with Gasteiger partial charge < -0.3 is 4.90 Å². The molecule has 1 saturated heterocycles. The molecule has 6 nitrogen and oxygen atoms in total. The number of hydrogen-bond donors (Lipinski definition) is 1. The van der Waals surface area contributed by atoms with Crippen molar-refractivity contribution in [3.8, 4) is 0 Å². The van der Waals surface area contributed by atoms with Crippen molar-refractivity contribution in [2.75, 3.05) is 31.1 Å². The summed E-state index contributed by atoms with van der Waals surface area (Å²) in [5, 5.41) is 1.06. The van der Waals surface area contributed by atoms with Gasteiger partial charge in [0.1, 0.15) is 0 Å². The minimum absolute atomic E-state index is 0.0225. The number of thiazole rings is 1. The van der Waals surface area contributed by atoms with E-state index in [1.54, 1.807) is 15.6 Å². The molecule has 0 spiro atoms. The molecule has 2 fully saturated rings. The smallest absolute Gasteiger partial charge is 0.279 e. The van der Waals surface area contributed by atoms with Crippen LogP contribution in [0.15, 0.2) is 48.5 Å². The van der Waals surface area contributed by atoms with Gasteiger partial charge in [0.25, 0.3) is 10.2 Å². The molecule has 1 aromatic heterocycles. The van der Waals surface area contributed by atoms with Gasteiger partial charge in [-0.25, -0.2) is 4.98 Å². The average molecular weight is 443 g/mol. The molecule has 2 aliphatic rings. The number of nitrogens with zero attached hydrogens (tertiary/aromatic N) is 3. The summed E-state index contributed by atoms with van der Waals surface area (Å²) in [5.74, 6) is 0.576. The van der Waals surface area contributed by atoms with E-state index in [1.807, 2.05) is 25.1 Å². The maximum absolute atomic E-state index is 13.0. The molecule has 0 radical (unpaired) electrons. The molecule has 3 aromatic rings. The van der Waals surface area contributed by atoms with Crippen molar-refractivity contribution >= 4 is 37.5 Å². The largest absolute Gasteiger partial charge is 0.369 e. The molecule has 30 heavy (non-hydrogen) atoms. The fourth-order valence-corrected chi connectivity index (χ4v) is 6.80. The molecule has 1 aliphatic heterocycles. The SMILES string of the molecule is Cc1nc2cc(N3CCN(S(=O)(=O)N[C@H]4[C@H](C)[C@@H]4c4ccccc4)CC3)ccc2s1. The van der Waals surface area contributed by atoms with Crippen LogP contribution in [0.4, 0.5) is 5.69 Å². The molecule has 1 aliphatic carbocycles. The van der Waals surface area contributed by atoms with Crippen LogP contribution in [0.25, 0.3) is 10.2 Å². The zero-order valence-corrected chi connectivity index (χ0v) is 18.8. The normalized spacial score (nSPS) is 25.0. The van der Waals surface area contributed by atoms with Gasteiger partial charge in [0, 0.05) is 43.8 Å². The van der Waals surface area contributed by atoms with E-state index < -0.39 is 10.2 Å². The maximum atomic E-state index is 13.0. The van der Waals surface area contributed by atoms with E-state index >= 15 is 0 Å². The van der Waals surface area contributed by atoms with Crippen LogP contribution in [0.2, 0.25) is 0 Å². The molecule has 3 atom stereocenters. The summed E-state index contributed by atoms with van der Waals surface area (Å²) in [4.78, 5) is 6.82. The Balaban J connectivity index is 1.22. The number of rotatable bonds is 5. The molecule has 2 heterocycles. The molecule has 5 rings (SSSR count). The lowest BCUT2D eigenvalue weighted by Gasteiger charge is -2.35. The van der Waals surface area contributed by atoms with Gasteiger partial charge in [-0.1, -0.05) is 37.3 Å². The first-order valence-electron chi connectivity index (χ1n) is 10.4. The van der Waals surface area contributed by atoms with E-state index in [1.165, 1.54) is 10.3 Å². The molecule has 1 N–H and O–H groups in total. The van der Waals surface area contributed by atoms with Crippen LogP contribution in [0.1, 0.15) is 23.4 Å². The first-order valence-corrected chi connectivity index (χ1v) is 12.6. The third-order valence-corrected chi connectivity index (χ3v) is 8.84. The topological polar surface area (TPSA) is 65.5 Å². The summed E-state index contributed by atoms with van der Waals surface area (Å²) in [5.41, 5.74) is 3.33. The van der Waals surface area contributed by atoms with E-state index in [4.69, 9.17) is 0 Å². The van der Waals surface area contributed by atoms with E-state index in [0.29, 0.717) is 32.1 Å². The fraction of sp³-hybridized carbons (Fsp3) is 0.409. The van der Waals surface area contributed by atoms with Crippen molar-refractivity contribution in [2.24, 2.45) is 5.92 Å². The van der Waals surface area contributed by atoms with Gasteiger partial charge in [-0.05, 0) is 36.6 Å². The Kier molecular flexibility index (Phi) is 5.05. The predicted octanol–water partition coefficient (Wildman–Crippen LogP) is 3.36. The fourth-order valence-electron chi connectivity index (χ4n) is 4.49. The van der Waals surface area contributed by atoms with Crippen molar-refractivity contribution in [1.82, 2.24) is 14.0 Å². The minimum atomic E-state index is -3.48. The summed E-state index contributed by atoms with van der Waals surface area (Å²) >= 11 is 1.70. The lowest BCUT2D eigenvalue weighted by molar-refractivity contribution is 0.377. The monoisotopic (exact) mass is 442 g/mol. The van der Waals surface area contributed by atoms with Crippen LogP contribution >= 0.6 is 11.3 Å². The lowest BCUT2D eigenvalue weighted by Crippen LogP contribution is -2.52. The zero-order chi connectivity index (χ0) is 20.9. The third kappa shape index (κ3) is 3.73. The third-order valence-electron chi connectivity index (χ3n) is 6.27. The number of aromatic nitrogens is 1. The number of piperazine rings is 1. The van der Waals surface area contributed by atoms with Crippen LogP contribution in [-0.4, -0.2) is 49.9 Å². The quantitative estimate of drug-likeness (QED) is 0.658. The highest BCUT2D eigenvalue weighted by molar-refractivity contribution is 7.87. The minimum Gasteiger partial charge on any atom is -0.369 e. The van der Waals surface area contributed by atoms with Crippen LogP contribution in [-0.2, 0) is 10.2 Å². The number of hydrogen-bond acceptors (Lipinski definition) is 5. The standard InChI is InChI=1S/C22H26N4O2S2/c1-15-21(17-6-4-3-5-7-17)22(15)24-30(27,28)26-12-10-25(11-13-26)18-8-9-20-19(14-18)23-16(2)29-20/h3-9,14-15,21-22,24H,10-13H2,1-2H3/t15-,21-,22+/m1/s1. The second-order valence-electron chi connectivity index (χ2n) is 8.22. The zero-order valence-electron chi connectivity index (χ0n) is 17.2. The van der Waals surface area contributed by atoms with E-state index in [-0.39, 0.29) is 12.0 Å². The predicted molar refractivity (Wildman–Crippen MR) is 122 cm³/mol. The second-order valence-corrected chi connectivity index (χ2v) is 11.2. The highest BCUT2D eigenvalue weighted by Gasteiger charge is 2.50. The van der Waals surface area contributed by atoms with Crippen LogP contribution in [0, 0.1) is 12.8 Å². The molecule has 158 valence electrons. The van der Waals surface area contributed by atoms with Crippen molar-refractivity contribution in [2.45, 2.75) is 25.8 Å². The van der Waals surface area contributed by atoms with Crippen LogP contribution in [0.3, 0.4) is 0 Å². The number of anilines is 1. The number of aryl methyl sites for hydroxylation is 1. The Morgan fingerprint density at radius 1 is 1.07 bits per heavy atom. The van der Waals surface area contributed by atoms with E-state index in [9.17, 15) is 8.42 Å². The lowest BCUT2D eigenvalue weighted by atomic mass is 10.1. The molecule has 0 unspecified atom stereocenters. The van der Waals surface area contributed by atoms with Gasteiger partial charge in [-0.2, -0.15) is 17.4 Å². The van der Waals surface area contributed by atoms with Crippen molar-refractivity contribution in [3.63, 3.8) is 0 Å². The number of nitrogens with one attached hydrogen (secondary N) is 1. The highest BCUT2D eigenvalue weighted by atomic mass is 32.2. The van der Waals surface area contributed by atoms with E-state index in [0.717, 1.165) is 16.2 Å². The van der Waals surface area contributed by atoms with Gasteiger partial charge in [-0.3, -0.25) is 0 Å². The molecule has 0 bridgehead atoms. The van der Waals surface area contributed by atoms with Gasteiger partial charge in [0.05, 0.1) is 15.2 Å². The number of benzene rings is 2. The van der Waals surface area contributed by atoms with E-state index in [2.05, 4.69) is 51.9 Å². The summed E-state index contributed by atoms with van der Waals surface area (Å²) in [6.45, 7) is 6.46. The summed E-state index contributed by atoms with van der Waals surface area (Å²) in [6.07, 6.45) is 0. The molecule has 8 heteroatoms. The first-order chi connectivity index (χ1) is 14.4. The Labute approximate surface area is 181 Å². The van der Waals surface area contributed by atoms with Gasteiger partial charge in [0.15, 0.2) is 0 Å². The Hall–Kier alpha value is -2.00. The summed E-state index contributed by atoms with van der Waals surface area (Å²) < 4.78 is 31.7. The number of fused-ring (bicyclic) bond motifs is 1. The molecule has 1 saturated carbocycles. The summed E-state index contributed by atoms with van der Waals surface area (Å²) in [7, 11) is -3.48. The Bertz CT molecular complexity index is 1150. The highest BCUT2D eigenvalue weighted by Crippen LogP contribution is 2.47. The Morgan fingerprint density at radius 3 is 2.53 bits per heavy atom. The Morgan fingerprint density at radius 2 is 1.80 bits per heavy atom. The molecule has 2 aromatic carbocycles. The first kappa shape index (κ1) is 19.9. The molecular formula is C22H26N4O2S2. The van der Waals surface area contributed by atoms with Crippen LogP contribution < -0.4 is 9.62 Å². The van der Waals surface area contributed by atoms with Gasteiger partial charge >= 0.3 is 0 Å². The molecule has 0 amide bonds. The van der Waals surface area contributed by atoms with Crippen molar-refractivity contribution in [3.05, 3.63) is 59.1 Å². The maximum Gasteiger partial charge on any atom is 0.279 e. The van der Waals surface area contributed by atoms with Crippen molar-refractivity contribution < 1.29 is 8.42 Å².